The molecule has 5 heteroatoms. The average molecular weight is 674 g/mol. The molecule has 0 saturated heterocycles. The fourth-order valence-corrected chi connectivity index (χ4v) is 9.26. The smallest absolute Gasteiger partial charge is 0.159 e. The quantitative estimate of drug-likeness (QED) is 0.187. The normalized spacial score (nSPS) is 21.7. The van der Waals surface area contributed by atoms with Crippen molar-refractivity contribution >= 4 is 44.2 Å². The van der Waals surface area contributed by atoms with E-state index in [1.807, 2.05) is 24.4 Å². The molecular formula is C47H39N5. The maximum absolute atomic E-state index is 5.25. The van der Waals surface area contributed by atoms with Crippen LogP contribution < -0.4 is 0 Å². The van der Waals surface area contributed by atoms with Gasteiger partial charge in [-0.15, -0.1) is 0 Å². The van der Waals surface area contributed by atoms with Crippen LogP contribution in [0.2, 0.25) is 0 Å². The predicted octanol–water partition coefficient (Wildman–Crippen LogP) is 10.5. The topological polar surface area (TPSA) is 45.8 Å². The number of allylic oxidation sites excluding steroid dienone is 4. The predicted molar refractivity (Wildman–Crippen MR) is 215 cm³/mol. The first kappa shape index (κ1) is 30.7. The van der Waals surface area contributed by atoms with Gasteiger partial charge < -0.3 is 4.90 Å². The molecule has 3 atom stereocenters. The summed E-state index contributed by atoms with van der Waals surface area (Å²) in [6.45, 7) is 7.20. The summed E-state index contributed by atoms with van der Waals surface area (Å²) >= 11 is 0. The summed E-state index contributed by atoms with van der Waals surface area (Å²) in [4.78, 5) is 17.7. The van der Waals surface area contributed by atoms with Gasteiger partial charge in [-0.3, -0.25) is 4.57 Å². The minimum absolute atomic E-state index is 0.0272. The first-order valence-electron chi connectivity index (χ1n) is 18.2. The average Bonchev–Trinajstić information content (AvgIpc) is 3.59. The van der Waals surface area contributed by atoms with Crippen molar-refractivity contribution in [3.63, 3.8) is 0 Å². The van der Waals surface area contributed by atoms with E-state index in [-0.39, 0.29) is 17.0 Å². The van der Waals surface area contributed by atoms with Crippen molar-refractivity contribution in [3.8, 4) is 5.82 Å². The first-order valence-corrected chi connectivity index (χ1v) is 18.2. The van der Waals surface area contributed by atoms with Gasteiger partial charge in [0.1, 0.15) is 11.7 Å². The van der Waals surface area contributed by atoms with Gasteiger partial charge in [0.15, 0.2) is 12.0 Å². The molecule has 0 bridgehead atoms. The van der Waals surface area contributed by atoms with Gasteiger partial charge in [0.05, 0.1) is 11.0 Å². The van der Waals surface area contributed by atoms with Crippen LogP contribution in [0.3, 0.4) is 0 Å². The fourth-order valence-electron chi connectivity index (χ4n) is 9.26. The SMILES string of the molecule is CN1C(c2ccnc(-n3c4ccccc4c4cc5c(cc43)C(C)(C)C3C=CC=CC53C)c2)=NC(c2ccccc2)=NC1c1ccc2ccccc2c1. The van der Waals surface area contributed by atoms with Crippen molar-refractivity contribution in [3.05, 3.63) is 180 Å². The maximum atomic E-state index is 5.25. The van der Waals surface area contributed by atoms with E-state index in [0.29, 0.717) is 5.92 Å². The van der Waals surface area contributed by atoms with Gasteiger partial charge in [-0.25, -0.2) is 15.0 Å². The third-order valence-corrected chi connectivity index (χ3v) is 11.9. The molecule has 252 valence electrons. The van der Waals surface area contributed by atoms with Gasteiger partial charge in [-0.2, -0.15) is 0 Å². The Labute approximate surface area is 304 Å². The molecule has 0 radical (unpaired) electrons. The molecule has 5 aromatic carbocycles. The number of para-hydroxylation sites is 1. The van der Waals surface area contributed by atoms with Crippen LogP contribution in [0.5, 0.6) is 0 Å². The lowest BCUT2D eigenvalue weighted by atomic mass is 9.67. The summed E-state index contributed by atoms with van der Waals surface area (Å²) in [5, 5.41) is 4.89. The molecule has 10 rings (SSSR count). The van der Waals surface area contributed by atoms with E-state index < -0.39 is 0 Å². The molecule has 3 heterocycles. The second-order valence-corrected chi connectivity index (χ2v) is 15.2. The molecule has 0 N–H and O–H groups in total. The summed E-state index contributed by atoms with van der Waals surface area (Å²) < 4.78 is 2.34. The summed E-state index contributed by atoms with van der Waals surface area (Å²) in [7, 11) is 2.10. The van der Waals surface area contributed by atoms with E-state index in [9.17, 15) is 0 Å². The maximum Gasteiger partial charge on any atom is 0.159 e. The minimum Gasteiger partial charge on any atom is -0.333 e. The van der Waals surface area contributed by atoms with Crippen LogP contribution in [0.1, 0.15) is 54.8 Å². The number of amidine groups is 2. The van der Waals surface area contributed by atoms with Gasteiger partial charge >= 0.3 is 0 Å². The second-order valence-electron chi connectivity index (χ2n) is 15.2. The van der Waals surface area contributed by atoms with E-state index in [4.69, 9.17) is 15.0 Å². The largest absolute Gasteiger partial charge is 0.333 e. The van der Waals surface area contributed by atoms with E-state index in [0.717, 1.165) is 39.7 Å². The number of rotatable bonds is 4. The molecule has 5 nitrogen and oxygen atoms in total. The minimum atomic E-state index is -0.255. The molecule has 1 aliphatic heterocycles. The Balaban J connectivity index is 1.15. The molecule has 3 unspecified atom stereocenters. The number of hydrogen-bond donors (Lipinski definition) is 0. The number of aliphatic imine (C=N–C) groups is 2. The number of aromatic nitrogens is 2. The van der Waals surface area contributed by atoms with E-state index in [2.05, 4.69) is 165 Å². The Morgan fingerprint density at radius 1 is 0.654 bits per heavy atom. The molecule has 0 fully saturated rings. The van der Waals surface area contributed by atoms with Crippen molar-refractivity contribution in [2.45, 2.75) is 37.8 Å². The van der Waals surface area contributed by atoms with Crippen LogP contribution in [-0.2, 0) is 10.8 Å². The van der Waals surface area contributed by atoms with Crippen LogP contribution in [0.25, 0.3) is 38.4 Å². The summed E-state index contributed by atoms with van der Waals surface area (Å²) in [5.74, 6) is 2.83. The highest BCUT2D eigenvalue weighted by atomic mass is 15.3. The molecule has 0 amide bonds. The zero-order valence-corrected chi connectivity index (χ0v) is 29.8. The lowest BCUT2D eigenvalue weighted by Gasteiger charge is -2.36. The van der Waals surface area contributed by atoms with E-state index in [1.54, 1.807) is 0 Å². The number of fused-ring (bicyclic) bond motifs is 7. The Bertz CT molecular complexity index is 2710. The van der Waals surface area contributed by atoms with Gasteiger partial charge in [0.2, 0.25) is 0 Å². The highest BCUT2D eigenvalue weighted by Crippen LogP contribution is 2.57. The lowest BCUT2D eigenvalue weighted by Crippen LogP contribution is -2.35. The number of hydrogen-bond acceptors (Lipinski definition) is 4. The van der Waals surface area contributed by atoms with Crippen molar-refractivity contribution < 1.29 is 0 Å². The van der Waals surface area contributed by atoms with Crippen molar-refractivity contribution in [1.29, 1.82) is 0 Å². The third kappa shape index (κ3) is 4.45. The first-order chi connectivity index (χ1) is 25.3. The highest BCUT2D eigenvalue weighted by molar-refractivity contribution is 6.13. The number of pyridine rings is 1. The Morgan fingerprint density at radius 2 is 1.44 bits per heavy atom. The van der Waals surface area contributed by atoms with Crippen LogP contribution in [0.4, 0.5) is 0 Å². The Morgan fingerprint density at radius 3 is 2.31 bits per heavy atom. The van der Waals surface area contributed by atoms with Crippen LogP contribution in [0.15, 0.2) is 162 Å². The number of benzene rings is 5. The molecule has 52 heavy (non-hydrogen) atoms. The van der Waals surface area contributed by atoms with E-state index >= 15 is 0 Å². The van der Waals surface area contributed by atoms with E-state index in [1.165, 1.54) is 38.2 Å². The van der Waals surface area contributed by atoms with Gasteiger partial charge in [-0.1, -0.05) is 130 Å². The van der Waals surface area contributed by atoms with Gasteiger partial charge in [0.25, 0.3) is 0 Å². The Hall–Kier alpha value is -6.07. The molecule has 2 aromatic heterocycles. The summed E-state index contributed by atoms with van der Waals surface area (Å²) in [5.41, 5.74) is 8.17. The molecule has 0 saturated carbocycles. The van der Waals surface area contributed by atoms with Crippen molar-refractivity contribution in [1.82, 2.24) is 14.5 Å². The molecule has 2 aliphatic carbocycles. The zero-order chi connectivity index (χ0) is 35.2. The van der Waals surface area contributed by atoms with Crippen LogP contribution >= 0.6 is 0 Å². The molecular weight excluding hydrogens is 635 g/mol. The van der Waals surface area contributed by atoms with Crippen molar-refractivity contribution in [2.24, 2.45) is 15.9 Å². The molecule has 0 spiro atoms. The third-order valence-electron chi connectivity index (χ3n) is 11.9. The van der Waals surface area contributed by atoms with Gasteiger partial charge in [0, 0.05) is 40.6 Å². The summed E-state index contributed by atoms with van der Waals surface area (Å²) in [6.07, 6.45) is 10.9. The van der Waals surface area contributed by atoms with Crippen LogP contribution in [0, 0.1) is 5.92 Å². The molecule has 7 aromatic rings. The fraction of sp³-hybridized carbons (Fsp3) is 0.170. The second kappa shape index (κ2) is 11.2. The number of nitrogens with zero attached hydrogens (tertiary/aromatic N) is 5. The molecule has 3 aliphatic rings. The Kier molecular flexibility index (Phi) is 6.63. The van der Waals surface area contributed by atoms with Crippen molar-refractivity contribution in [2.75, 3.05) is 7.05 Å². The lowest BCUT2D eigenvalue weighted by molar-refractivity contribution is 0.324. The monoisotopic (exact) mass is 673 g/mol. The van der Waals surface area contributed by atoms with Crippen LogP contribution in [-0.4, -0.2) is 33.2 Å². The summed E-state index contributed by atoms with van der Waals surface area (Å²) in [6, 6.07) is 43.3. The zero-order valence-electron chi connectivity index (χ0n) is 29.8. The standard InChI is InChI=1S/C47H39N5/c1-46(2)37-29-40-36(28-38(37)47(3)24-13-12-20-41(46)47)35-18-10-11-19-39(35)52(40)42-27-34(23-25-48-42)45-50-43(31-15-6-5-7-16-31)49-44(51(45)4)33-22-21-30-14-8-9-17-32(30)26-33/h5-29,41,44H,1-4H3. The van der Waals surface area contributed by atoms with Gasteiger partial charge in [-0.05, 0) is 75.2 Å². The highest BCUT2D eigenvalue weighted by Gasteiger charge is 2.52.